The third-order valence-electron chi connectivity index (χ3n) is 1.39. The van der Waals surface area contributed by atoms with E-state index in [0.717, 1.165) is 6.08 Å². The summed E-state index contributed by atoms with van der Waals surface area (Å²) in [5, 5.41) is 20.5. The minimum atomic E-state index is -2.01. The highest BCUT2D eigenvalue weighted by Gasteiger charge is 2.23. The predicted molar refractivity (Wildman–Crippen MR) is 46.3 cm³/mol. The largest absolute Gasteiger partial charge is 0.444 e. The number of ether oxygens (including phenoxy) is 1. The Hall–Kier alpha value is -0.910. The molecule has 0 bridgehead atoms. The molecule has 0 aliphatic heterocycles. The molecule has 13 heavy (non-hydrogen) atoms. The van der Waals surface area contributed by atoms with Crippen LogP contribution in [-0.2, 0) is 9.53 Å². The first-order chi connectivity index (χ1) is 5.91. The smallest absolute Gasteiger partial charge is 0.331 e. The topological polar surface area (TPSA) is 78.8 Å². The van der Waals surface area contributed by atoms with Crippen molar-refractivity contribution in [1.82, 2.24) is 5.32 Å². The number of rotatable bonds is 5. The maximum Gasteiger partial charge on any atom is 0.331 e. The summed E-state index contributed by atoms with van der Waals surface area (Å²) < 4.78 is 4.65. The van der Waals surface area contributed by atoms with Crippen molar-refractivity contribution in [3.05, 3.63) is 12.7 Å². The van der Waals surface area contributed by atoms with Crippen molar-refractivity contribution < 1.29 is 19.7 Å². The summed E-state index contributed by atoms with van der Waals surface area (Å²) in [5.41, 5.74) is 0. The molecule has 0 aromatic carbocycles. The van der Waals surface area contributed by atoms with E-state index in [1.165, 1.54) is 6.92 Å². The van der Waals surface area contributed by atoms with Gasteiger partial charge in [-0.05, 0) is 6.92 Å². The Balaban J connectivity index is 3.93. The average molecular weight is 189 g/mol. The molecule has 0 aliphatic carbocycles. The highest BCUT2D eigenvalue weighted by atomic mass is 16.6. The lowest BCUT2D eigenvalue weighted by Crippen LogP contribution is -2.50. The molecule has 5 nitrogen and oxygen atoms in total. The van der Waals surface area contributed by atoms with E-state index in [1.54, 1.807) is 6.92 Å². The van der Waals surface area contributed by atoms with Crippen LogP contribution in [0.4, 0.5) is 0 Å². The molecule has 3 N–H and O–H groups in total. The standard InChI is InChI=1S/C8H15NO4/c1-4-7(10)13-6(3)9-8(11,12)5-2/h4,6,9,11-12H,1,5H2,2-3H3. The Morgan fingerprint density at radius 3 is 2.69 bits per heavy atom. The van der Waals surface area contributed by atoms with E-state index >= 15 is 0 Å². The third-order valence-corrected chi connectivity index (χ3v) is 1.39. The van der Waals surface area contributed by atoms with Crippen molar-refractivity contribution in [3.8, 4) is 0 Å². The van der Waals surface area contributed by atoms with E-state index in [4.69, 9.17) is 10.2 Å². The van der Waals surface area contributed by atoms with Gasteiger partial charge in [-0.1, -0.05) is 13.5 Å². The molecule has 0 saturated heterocycles. The summed E-state index contributed by atoms with van der Waals surface area (Å²) >= 11 is 0. The van der Waals surface area contributed by atoms with Gasteiger partial charge in [-0.2, -0.15) is 0 Å². The Morgan fingerprint density at radius 1 is 1.77 bits per heavy atom. The second kappa shape index (κ2) is 4.96. The predicted octanol–water partition coefficient (Wildman–Crippen LogP) is -0.300. The number of carbonyl (C=O) groups excluding carboxylic acids is 1. The van der Waals surface area contributed by atoms with Crippen molar-refractivity contribution in [2.24, 2.45) is 0 Å². The van der Waals surface area contributed by atoms with Crippen LogP contribution < -0.4 is 5.32 Å². The van der Waals surface area contributed by atoms with Crippen molar-refractivity contribution in [3.63, 3.8) is 0 Å². The summed E-state index contributed by atoms with van der Waals surface area (Å²) in [6.45, 7) is 6.27. The maximum atomic E-state index is 10.7. The summed E-state index contributed by atoms with van der Waals surface area (Å²) in [5.74, 6) is -2.63. The molecule has 0 saturated carbocycles. The van der Waals surface area contributed by atoms with Gasteiger partial charge in [-0.25, -0.2) is 10.1 Å². The molecule has 0 aromatic heterocycles. The second-order valence-electron chi connectivity index (χ2n) is 2.60. The van der Waals surface area contributed by atoms with Crippen molar-refractivity contribution >= 4 is 5.97 Å². The second-order valence-corrected chi connectivity index (χ2v) is 2.60. The molecule has 76 valence electrons. The lowest BCUT2D eigenvalue weighted by Gasteiger charge is -2.25. The SMILES string of the molecule is C=CC(=O)OC(C)NC(O)(O)CC. The van der Waals surface area contributed by atoms with E-state index in [-0.39, 0.29) is 6.42 Å². The zero-order valence-corrected chi connectivity index (χ0v) is 7.78. The normalized spacial score (nSPS) is 13.5. The van der Waals surface area contributed by atoms with E-state index in [9.17, 15) is 4.79 Å². The zero-order chi connectivity index (χ0) is 10.5. The molecule has 5 heteroatoms. The first kappa shape index (κ1) is 12.1. The number of carbonyl (C=O) groups is 1. The molecular weight excluding hydrogens is 174 g/mol. The fourth-order valence-electron chi connectivity index (χ4n) is 0.679. The number of nitrogens with one attached hydrogen (secondary N) is 1. The molecule has 0 spiro atoms. The van der Waals surface area contributed by atoms with Crippen LogP contribution in [0.5, 0.6) is 0 Å². The van der Waals surface area contributed by atoms with Crippen LogP contribution in [0.15, 0.2) is 12.7 Å². The molecule has 1 unspecified atom stereocenters. The Labute approximate surface area is 77.0 Å². The summed E-state index contributed by atoms with van der Waals surface area (Å²) in [6, 6.07) is 0. The van der Waals surface area contributed by atoms with Crippen LogP contribution in [-0.4, -0.2) is 28.3 Å². The molecule has 0 rings (SSSR count). The fraction of sp³-hybridized carbons (Fsp3) is 0.625. The van der Waals surface area contributed by atoms with Crippen LogP contribution in [0.25, 0.3) is 0 Å². The van der Waals surface area contributed by atoms with Crippen LogP contribution in [0.1, 0.15) is 20.3 Å². The van der Waals surface area contributed by atoms with Gasteiger partial charge in [0.2, 0.25) is 5.91 Å². The van der Waals surface area contributed by atoms with Gasteiger partial charge in [0.05, 0.1) is 0 Å². The van der Waals surface area contributed by atoms with Gasteiger partial charge >= 0.3 is 5.97 Å². The van der Waals surface area contributed by atoms with Crippen LogP contribution in [0.2, 0.25) is 0 Å². The minimum Gasteiger partial charge on any atom is -0.444 e. The van der Waals surface area contributed by atoms with Crippen LogP contribution in [0, 0.1) is 0 Å². The molecular formula is C8H15NO4. The van der Waals surface area contributed by atoms with Crippen LogP contribution >= 0.6 is 0 Å². The van der Waals surface area contributed by atoms with Gasteiger partial charge < -0.3 is 14.9 Å². The van der Waals surface area contributed by atoms with E-state index in [2.05, 4.69) is 16.6 Å². The highest BCUT2D eigenvalue weighted by Crippen LogP contribution is 2.02. The number of esters is 1. The van der Waals surface area contributed by atoms with Crippen molar-refractivity contribution in [2.75, 3.05) is 0 Å². The Bertz CT molecular complexity index is 191. The highest BCUT2D eigenvalue weighted by molar-refractivity contribution is 5.81. The van der Waals surface area contributed by atoms with Gasteiger partial charge in [0, 0.05) is 12.5 Å². The zero-order valence-electron chi connectivity index (χ0n) is 7.78. The Kier molecular flexibility index (Phi) is 4.61. The fourth-order valence-corrected chi connectivity index (χ4v) is 0.679. The summed E-state index contributed by atoms with van der Waals surface area (Å²) in [4.78, 5) is 10.7. The minimum absolute atomic E-state index is 0.0863. The average Bonchev–Trinajstić information content (AvgIpc) is 2.03. The summed E-state index contributed by atoms with van der Waals surface area (Å²) in [7, 11) is 0. The quantitative estimate of drug-likeness (QED) is 0.314. The van der Waals surface area contributed by atoms with Crippen LogP contribution in [0.3, 0.4) is 0 Å². The van der Waals surface area contributed by atoms with Gasteiger partial charge in [0.25, 0.3) is 0 Å². The van der Waals surface area contributed by atoms with Crippen molar-refractivity contribution in [2.45, 2.75) is 32.4 Å². The molecule has 0 aliphatic rings. The lowest BCUT2D eigenvalue weighted by atomic mass is 10.3. The summed E-state index contributed by atoms with van der Waals surface area (Å²) in [6.07, 6.45) is 0.309. The van der Waals surface area contributed by atoms with E-state index in [0.29, 0.717) is 0 Å². The van der Waals surface area contributed by atoms with E-state index < -0.39 is 18.1 Å². The number of hydrogen-bond acceptors (Lipinski definition) is 5. The lowest BCUT2D eigenvalue weighted by molar-refractivity contribution is -0.210. The van der Waals surface area contributed by atoms with Gasteiger partial charge in [-0.15, -0.1) is 0 Å². The third kappa shape index (κ3) is 5.35. The molecule has 0 amide bonds. The first-order valence-corrected chi connectivity index (χ1v) is 3.96. The van der Waals surface area contributed by atoms with Crippen molar-refractivity contribution in [1.29, 1.82) is 0 Å². The van der Waals surface area contributed by atoms with E-state index in [1.807, 2.05) is 0 Å². The van der Waals surface area contributed by atoms with Gasteiger partial charge in [-0.3, -0.25) is 0 Å². The number of hydrogen-bond donors (Lipinski definition) is 3. The van der Waals surface area contributed by atoms with Gasteiger partial charge in [0.15, 0.2) is 6.23 Å². The molecule has 0 heterocycles. The molecule has 0 radical (unpaired) electrons. The molecule has 0 aromatic rings. The maximum absolute atomic E-state index is 10.7. The molecule has 0 fully saturated rings. The first-order valence-electron chi connectivity index (χ1n) is 3.96. The van der Waals surface area contributed by atoms with Gasteiger partial charge in [0.1, 0.15) is 0 Å². The number of aliphatic hydroxyl groups is 2. The molecule has 1 atom stereocenters. The Morgan fingerprint density at radius 2 is 2.31 bits per heavy atom. The monoisotopic (exact) mass is 189 g/mol.